The quantitative estimate of drug-likeness (QED) is 0.803. The zero-order valence-corrected chi connectivity index (χ0v) is 9.69. The monoisotopic (exact) mass is 223 g/mol. The molecule has 0 aliphatic heterocycles. The van der Waals surface area contributed by atoms with Crippen molar-refractivity contribution in [3.8, 4) is 0 Å². The molecule has 1 N–H and O–H groups in total. The molecule has 1 aromatic heterocycles. The van der Waals surface area contributed by atoms with E-state index in [9.17, 15) is 4.79 Å². The zero-order chi connectivity index (χ0) is 11.5. The zero-order valence-electron chi connectivity index (χ0n) is 9.69. The molecular weight excluding hydrogens is 206 g/mol. The van der Waals surface area contributed by atoms with E-state index in [2.05, 4.69) is 10.5 Å². The van der Waals surface area contributed by atoms with Gasteiger partial charge in [0.15, 0.2) is 5.69 Å². The first-order valence-corrected chi connectivity index (χ1v) is 5.59. The van der Waals surface area contributed by atoms with Gasteiger partial charge in [0.2, 0.25) is 0 Å². The van der Waals surface area contributed by atoms with Crippen molar-refractivity contribution in [1.82, 2.24) is 15.4 Å². The van der Waals surface area contributed by atoms with Crippen LogP contribution in [0.15, 0.2) is 10.6 Å². The summed E-state index contributed by atoms with van der Waals surface area (Å²) in [6, 6.07) is 1.77. The van der Waals surface area contributed by atoms with Crippen molar-refractivity contribution in [3.63, 3.8) is 0 Å². The highest BCUT2D eigenvalue weighted by molar-refractivity contribution is 5.92. The maximum atomic E-state index is 11.9. The molecule has 1 amide bonds. The maximum Gasteiger partial charge on any atom is 0.275 e. The molecule has 0 saturated heterocycles. The summed E-state index contributed by atoms with van der Waals surface area (Å²) in [6.45, 7) is 1.44. The van der Waals surface area contributed by atoms with Gasteiger partial charge in [-0.1, -0.05) is 5.16 Å². The summed E-state index contributed by atoms with van der Waals surface area (Å²) in [5.74, 6) is 1.27. The lowest BCUT2D eigenvalue weighted by Gasteiger charge is -2.14. The van der Waals surface area contributed by atoms with Crippen molar-refractivity contribution < 1.29 is 9.32 Å². The minimum atomic E-state index is -0.0779. The molecule has 5 heteroatoms. The fourth-order valence-corrected chi connectivity index (χ4v) is 1.53. The average Bonchev–Trinajstić information content (AvgIpc) is 3.03. The normalized spacial score (nSPS) is 15.1. The summed E-state index contributed by atoms with van der Waals surface area (Å²) in [6.07, 6.45) is 2.30. The summed E-state index contributed by atoms with van der Waals surface area (Å²) in [7, 11) is 3.63. The molecule has 0 unspecified atom stereocenters. The van der Waals surface area contributed by atoms with Gasteiger partial charge in [-0.05, 0) is 19.9 Å². The van der Waals surface area contributed by atoms with E-state index in [0.717, 1.165) is 25.1 Å². The molecule has 1 aliphatic carbocycles. The number of carbonyl (C=O) groups is 1. The van der Waals surface area contributed by atoms with Crippen LogP contribution in [-0.4, -0.2) is 43.1 Å². The molecule has 88 valence electrons. The van der Waals surface area contributed by atoms with Gasteiger partial charge in [-0.2, -0.15) is 0 Å². The van der Waals surface area contributed by atoms with Gasteiger partial charge in [0.25, 0.3) is 5.91 Å². The van der Waals surface area contributed by atoms with Gasteiger partial charge in [0, 0.05) is 32.1 Å². The largest absolute Gasteiger partial charge is 0.360 e. The second-order valence-corrected chi connectivity index (χ2v) is 4.22. The Morgan fingerprint density at radius 2 is 2.44 bits per heavy atom. The molecule has 0 radical (unpaired) electrons. The highest BCUT2D eigenvalue weighted by Gasteiger charge is 2.29. The number of nitrogens with zero attached hydrogens (tertiary/aromatic N) is 2. The van der Waals surface area contributed by atoms with Gasteiger partial charge in [-0.25, -0.2) is 0 Å². The third kappa shape index (κ3) is 2.41. The molecule has 16 heavy (non-hydrogen) atoms. The summed E-state index contributed by atoms with van der Waals surface area (Å²) in [4.78, 5) is 13.5. The molecule has 0 atom stereocenters. The van der Waals surface area contributed by atoms with Crippen LogP contribution in [0, 0.1) is 0 Å². The summed E-state index contributed by atoms with van der Waals surface area (Å²) < 4.78 is 5.15. The van der Waals surface area contributed by atoms with Crippen LogP contribution in [0.2, 0.25) is 0 Å². The highest BCUT2D eigenvalue weighted by atomic mass is 16.5. The minimum Gasteiger partial charge on any atom is -0.360 e. The number of nitrogens with one attached hydrogen (secondary N) is 1. The second kappa shape index (κ2) is 4.65. The van der Waals surface area contributed by atoms with E-state index in [-0.39, 0.29) is 5.91 Å². The Labute approximate surface area is 94.8 Å². The van der Waals surface area contributed by atoms with Crippen molar-refractivity contribution >= 4 is 5.91 Å². The third-order valence-electron chi connectivity index (χ3n) is 2.77. The van der Waals surface area contributed by atoms with E-state index in [0.29, 0.717) is 18.2 Å². The standard InChI is InChI=1S/C11H17N3O2/c1-12-5-6-14(2)11(15)9-7-10(16-13-9)8-3-4-8/h7-8,12H,3-6H2,1-2H3. The fourth-order valence-electron chi connectivity index (χ4n) is 1.53. The van der Waals surface area contributed by atoms with Crippen LogP contribution in [0.5, 0.6) is 0 Å². The van der Waals surface area contributed by atoms with Crippen molar-refractivity contribution in [3.05, 3.63) is 17.5 Å². The van der Waals surface area contributed by atoms with E-state index >= 15 is 0 Å². The first kappa shape index (κ1) is 11.1. The van der Waals surface area contributed by atoms with Crippen molar-refractivity contribution in [2.75, 3.05) is 27.2 Å². The van der Waals surface area contributed by atoms with Gasteiger partial charge in [-0.3, -0.25) is 4.79 Å². The Bertz CT molecular complexity index is 371. The molecule has 0 aromatic carbocycles. The number of likely N-dealkylation sites (N-methyl/N-ethyl adjacent to an activating group) is 2. The molecule has 1 aromatic rings. The number of carbonyl (C=O) groups excluding carboxylic acids is 1. The Morgan fingerprint density at radius 1 is 1.69 bits per heavy atom. The predicted octanol–water partition coefficient (Wildman–Crippen LogP) is 0.843. The van der Waals surface area contributed by atoms with Crippen LogP contribution in [0.4, 0.5) is 0 Å². The molecule has 1 fully saturated rings. The molecule has 1 heterocycles. The van der Waals surface area contributed by atoms with Gasteiger partial charge >= 0.3 is 0 Å². The van der Waals surface area contributed by atoms with Gasteiger partial charge in [0.1, 0.15) is 5.76 Å². The van der Waals surface area contributed by atoms with Crippen molar-refractivity contribution in [2.45, 2.75) is 18.8 Å². The van der Waals surface area contributed by atoms with Gasteiger partial charge in [-0.15, -0.1) is 0 Å². The first-order valence-electron chi connectivity index (χ1n) is 5.59. The van der Waals surface area contributed by atoms with Crippen LogP contribution in [-0.2, 0) is 0 Å². The highest BCUT2D eigenvalue weighted by Crippen LogP contribution is 2.40. The molecule has 1 aliphatic rings. The second-order valence-electron chi connectivity index (χ2n) is 4.22. The third-order valence-corrected chi connectivity index (χ3v) is 2.77. The minimum absolute atomic E-state index is 0.0779. The van der Waals surface area contributed by atoms with Crippen molar-refractivity contribution in [2.24, 2.45) is 0 Å². The number of hydrogen-bond donors (Lipinski definition) is 1. The number of hydrogen-bond acceptors (Lipinski definition) is 4. The number of aromatic nitrogens is 1. The summed E-state index contributed by atoms with van der Waals surface area (Å²) >= 11 is 0. The van der Waals surface area contributed by atoms with Crippen LogP contribution in [0.25, 0.3) is 0 Å². The van der Waals surface area contributed by atoms with E-state index in [4.69, 9.17) is 4.52 Å². The first-order chi connectivity index (χ1) is 7.72. The smallest absolute Gasteiger partial charge is 0.275 e. The number of amides is 1. The van der Waals surface area contributed by atoms with E-state index < -0.39 is 0 Å². The molecule has 0 bridgehead atoms. The van der Waals surface area contributed by atoms with Crippen LogP contribution >= 0.6 is 0 Å². The average molecular weight is 223 g/mol. The number of rotatable bonds is 5. The lowest BCUT2D eigenvalue weighted by Crippen LogP contribution is -2.32. The van der Waals surface area contributed by atoms with E-state index in [1.807, 2.05) is 7.05 Å². The van der Waals surface area contributed by atoms with Crippen LogP contribution in [0.1, 0.15) is 35.0 Å². The molecular formula is C11H17N3O2. The summed E-state index contributed by atoms with van der Waals surface area (Å²) in [5.41, 5.74) is 0.417. The molecule has 0 spiro atoms. The Morgan fingerprint density at radius 3 is 3.06 bits per heavy atom. The van der Waals surface area contributed by atoms with E-state index in [1.54, 1.807) is 18.0 Å². The predicted molar refractivity (Wildman–Crippen MR) is 59.4 cm³/mol. The van der Waals surface area contributed by atoms with Crippen LogP contribution in [0.3, 0.4) is 0 Å². The lowest BCUT2D eigenvalue weighted by atomic mass is 10.2. The Hall–Kier alpha value is -1.36. The van der Waals surface area contributed by atoms with Crippen LogP contribution < -0.4 is 5.32 Å². The summed E-state index contributed by atoms with van der Waals surface area (Å²) in [5, 5.41) is 6.82. The Kier molecular flexibility index (Phi) is 3.24. The topological polar surface area (TPSA) is 58.4 Å². The SMILES string of the molecule is CNCCN(C)C(=O)c1cc(C2CC2)on1. The lowest BCUT2D eigenvalue weighted by molar-refractivity contribution is 0.0786. The maximum absolute atomic E-state index is 11.9. The molecule has 2 rings (SSSR count). The van der Waals surface area contributed by atoms with Gasteiger partial charge < -0.3 is 14.7 Å². The molecule has 5 nitrogen and oxygen atoms in total. The van der Waals surface area contributed by atoms with Gasteiger partial charge in [0.05, 0.1) is 0 Å². The Balaban J connectivity index is 1.96. The fraction of sp³-hybridized carbons (Fsp3) is 0.636. The van der Waals surface area contributed by atoms with E-state index in [1.165, 1.54) is 0 Å². The molecule has 1 saturated carbocycles. The van der Waals surface area contributed by atoms with Crippen molar-refractivity contribution in [1.29, 1.82) is 0 Å².